The van der Waals surface area contributed by atoms with Gasteiger partial charge in [-0.2, -0.15) is 0 Å². The number of carbonyl (C=O) groups is 2. The molecular weight excluding hydrogens is 364 g/mol. The van der Waals surface area contributed by atoms with E-state index in [1.54, 1.807) is 0 Å². The Morgan fingerprint density at radius 1 is 0.792 bits per heavy atom. The van der Waals surface area contributed by atoms with Gasteiger partial charge in [0, 0.05) is 24.6 Å². The van der Waals surface area contributed by atoms with E-state index in [1.165, 1.54) is 0 Å². The Hall–Kier alpha value is -0.600. The predicted octanol–water partition coefficient (Wildman–Crippen LogP) is -2.84. The van der Waals surface area contributed by atoms with Crippen LogP contribution >= 0.6 is 21.6 Å². The summed E-state index contributed by atoms with van der Waals surface area (Å²) in [4.78, 5) is 22.1. The zero-order valence-electron chi connectivity index (χ0n) is 12.9. The molecule has 0 rings (SSSR count). The third kappa shape index (κ3) is 11.0. The van der Waals surface area contributed by atoms with E-state index in [1.807, 2.05) is 0 Å². The minimum absolute atomic E-state index is 0.0724. The first-order valence-corrected chi connectivity index (χ1v) is 9.55. The van der Waals surface area contributed by atoms with Gasteiger partial charge in [-0.25, -0.2) is 0 Å². The lowest BCUT2D eigenvalue weighted by Crippen LogP contribution is -2.44. The van der Waals surface area contributed by atoms with Crippen LogP contribution in [-0.4, -0.2) is 105 Å². The van der Waals surface area contributed by atoms with Gasteiger partial charge < -0.3 is 41.3 Å². The fourth-order valence-electron chi connectivity index (χ4n) is 1.35. The first-order chi connectivity index (χ1) is 11.3. The number of aliphatic hydroxyl groups excluding tert-OH is 4. The van der Waals surface area contributed by atoms with Crippen LogP contribution in [0.2, 0.25) is 0 Å². The van der Waals surface area contributed by atoms with Crippen molar-refractivity contribution >= 4 is 33.5 Å². The van der Waals surface area contributed by atoms with Crippen molar-refractivity contribution in [3.8, 4) is 0 Å². The number of carboxylic acids is 2. The molecule has 0 aliphatic rings. The molecule has 0 saturated heterocycles. The molecule has 142 valence electrons. The molecule has 0 fully saturated rings. The van der Waals surface area contributed by atoms with E-state index < -0.39 is 49.4 Å². The second kappa shape index (κ2) is 13.7. The molecule has 0 bridgehead atoms. The summed E-state index contributed by atoms with van der Waals surface area (Å²) in [5.74, 6) is -1.98. The van der Waals surface area contributed by atoms with Crippen molar-refractivity contribution in [2.45, 2.75) is 24.3 Å². The monoisotopic (exact) mass is 388 g/mol. The van der Waals surface area contributed by atoms with E-state index in [-0.39, 0.29) is 24.6 Å². The van der Waals surface area contributed by atoms with Crippen molar-refractivity contribution in [2.24, 2.45) is 0 Å². The van der Waals surface area contributed by atoms with E-state index >= 15 is 0 Å². The Balaban J connectivity index is 4.14. The molecular formula is C12H24N2O8S2. The number of hydrogen-bond acceptors (Lipinski definition) is 10. The average molecular weight is 388 g/mol. The summed E-state index contributed by atoms with van der Waals surface area (Å²) >= 11 is 0. The third-order valence-electron chi connectivity index (χ3n) is 2.77. The molecule has 0 spiro atoms. The Morgan fingerprint density at radius 2 is 1.12 bits per heavy atom. The van der Waals surface area contributed by atoms with Gasteiger partial charge in [-0.3, -0.25) is 9.59 Å². The second-order valence-electron chi connectivity index (χ2n) is 4.84. The van der Waals surface area contributed by atoms with Crippen LogP contribution in [0.5, 0.6) is 0 Å². The van der Waals surface area contributed by atoms with Gasteiger partial charge in [-0.1, -0.05) is 21.6 Å². The Kier molecular flexibility index (Phi) is 13.3. The largest absolute Gasteiger partial charge is 0.480 e. The van der Waals surface area contributed by atoms with Crippen molar-refractivity contribution in [3.63, 3.8) is 0 Å². The first-order valence-electron chi connectivity index (χ1n) is 7.06. The fraction of sp³-hybridized carbons (Fsp3) is 0.833. The third-order valence-corrected chi connectivity index (χ3v) is 5.19. The summed E-state index contributed by atoms with van der Waals surface area (Å²) in [7, 11) is 2.30. The number of aliphatic carboxylic acids is 2. The number of carboxylic acid groups (broad SMARTS) is 2. The lowest BCUT2D eigenvalue weighted by molar-refractivity contribution is -0.139. The highest BCUT2D eigenvalue weighted by molar-refractivity contribution is 8.76. The molecule has 8 N–H and O–H groups in total. The van der Waals surface area contributed by atoms with Crippen LogP contribution in [-0.2, 0) is 9.59 Å². The maximum Gasteiger partial charge on any atom is 0.321 e. The molecule has 0 radical (unpaired) electrons. The molecule has 0 saturated carbocycles. The molecule has 4 atom stereocenters. The summed E-state index contributed by atoms with van der Waals surface area (Å²) in [6.45, 7) is -1.10. The molecule has 2 unspecified atom stereocenters. The maximum atomic E-state index is 11.1. The Morgan fingerprint density at radius 3 is 1.38 bits per heavy atom. The molecule has 0 aliphatic heterocycles. The van der Waals surface area contributed by atoms with Crippen LogP contribution in [0.1, 0.15) is 0 Å². The summed E-state index contributed by atoms with van der Waals surface area (Å²) in [6, 6.07) is -1.90. The highest BCUT2D eigenvalue weighted by Gasteiger charge is 2.21. The summed E-state index contributed by atoms with van der Waals surface area (Å²) < 4.78 is 0. The molecule has 0 aromatic rings. The normalized spacial score (nSPS) is 16.3. The summed E-state index contributed by atoms with van der Waals surface area (Å²) in [6.07, 6.45) is -2.11. The van der Waals surface area contributed by atoms with Gasteiger partial charge in [-0.05, 0) is 0 Å². The first kappa shape index (κ1) is 23.4. The van der Waals surface area contributed by atoms with E-state index in [4.69, 9.17) is 20.4 Å². The standard InChI is InChI=1S/C12H24N2O8S2/c15-3-7(17)1-13-9(11(19)20)5-23-24-6-10(12(21)22)14-2-8(18)4-16/h7-10,13-18H,1-6H2,(H,19,20)(H,21,22)/t7?,8?,9-,10-/m0/s1. The SMILES string of the molecule is O=C(O)[C@H](CSSC[C@H](NCC(O)CO)C(=O)O)NCC(O)CO. The summed E-state index contributed by atoms with van der Waals surface area (Å²) in [5, 5.41) is 59.0. The summed E-state index contributed by atoms with van der Waals surface area (Å²) in [5.41, 5.74) is 0. The van der Waals surface area contributed by atoms with Gasteiger partial charge >= 0.3 is 11.9 Å². The Bertz CT molecular complexity index is 343. The molecule has 24 heavy (non-hydrogen) atoms. The topological polar surface area (TPSA) is 180 Å². The maximum absolute atomic E-state index is 11.1. The minimum Gasteiger partial charge on any atom is -0.480 e. The van der Waals surface area contributed by atoms with Crippen molar-refractivity contribution in [2.75, 3.05) is 37.8 Å². The number of hydrogen-bond donors (Lipinski definition) is 8. The lowest BCUT2D eigenvalue weighted by Gasteiger charge is -2.17. The van der Waals surface area contributed by atoms with Gasteiger partial charge in [0.25, 0.3) is 0 Å². The number of rotatable bonds is 15. The molecule has 0 amide bonds. The van der Waals surface area contributed by atoms with Crippen LogP contribution in [0.3, 0.4) is 0 Å². The van der Waals surface area contributed by atoms with Gasteiger partial charge in [0.2, 0.25) is 0 Å². The van der Waals surface area contributed by atoms with Crippen LogP contribution in [0.4, 0.5) is 0 Å². The van der Waals surface area contributed by atoms with Crippen LogP contribution in [0, 0.1) is 0 Å². The highest BCUT2D eigenvalue weighted by Crippen LogP contribution is 2.23. The quantitative estimate of drug-likeness (QED) is 0.106. The Labute approximate surface area is 147 Å². The number of aliphatic hydroxyl groups is 4. The number of nitrogens with one attached hydrogen (secondary N) is 2. The van der Waals surface area contributed by atoms with Gasteiger partial charge in [0.15, 0.2) is 0 Å². The fourth-order valence-corrected chi connectivity index (χ4v) is 3.73. The molecule has 0 aliphatic carbocycles. The molecule has 0 aromatic carbocycles. The van der Waals surface area contributed by atoms with E-state index in [0.29, 0.717) is 0 Å². The molecule has 0 aromatic heterocycles. The van der Waals surface area contributed by atoms with E-state index in [2.05, 4.69) is 10.6 Å². The van der Waals surface area contributed by atoms with Crippen molar-refractivity contribution < 1.29 is 40.2 Å². The molecule has 0 heterocycles. The van der Waals surface area contributed by atoms with E-state index in [0.717, 1.165) is 21.6 Å². The average Bonchev–Trinajstić information content (AvgIpc) is 2.54. The zero-order chi connectivity index (χ0) is 18.5. The predicted molar refractivity (Wildman–Crippen MR) is 90.0 cm³/mol. The lowest BCUT2D eigenvalue weighted by atomic mass is 10.3. The van der Waals surface area contributed by atoms with E-state index in [9.17, 15) is 19.8 Å². The van der Waals surface area contributed by atoms with Crippen molar-refractivity contribution in [1.82, 2.24) is 10.6 Å². The minimum atomic E-state index is -1.12. The molecule has 10 nitrogen and oxygen atoms in total. The highest BCUT2D eigenvalue weighted by atomic mass is 33.1. The van der Waals surface area contributed by atoms with Crippen LogP contribution in [0.25, 0.3) is 0 Å². The second-order valence-corrected chi connectivity index (χ2v) is 7.39. The van der Waals surface area contributed by atoms with Gasteiger partial charge in [0.1, 0.15) is 12.1 Å². The zero-order valence-corrected chi connectivity index (χ0v) is 14.5. The van der Waals surface area contributed by atoms with Gasteiger partial charge in [-0.15, -0.1) is 0 Å². The van der Waals surface area contributed by atoms with Crippen molar-refractivity contribution in [3.05, 3.63) is 0 Å². The van der Waals surface area contributed by atoms with Crippen molar-refractivity contribution in [1.29, 1.82) is 0 Å². The smallest absolute Gasteiger partial charge is 0.321 e. The molecule has 12 heteroatoms. The van der Waals surface area contributed by atoms with Crippen LogP contribution in [0.15, 0.2) is 0 Å². The van der Waals surface area contributed by atoms with Gasteiger partial charge in [0.05, 0.1) is 25.4 Å². The van der Waals surface area contributed by atoms with Crippen LogP contribution < -0.4 is 10.6 Å².